The molecule has 74 valence electrons. The Morgan fingerprint density at radius 3 is 3.07 bits per heavy atom. The number of hydrogen-bond acceptors (Lipinski definition) is 2. The van der Waals surface area contributed by atoms with Gasteiger partial charge in [0.05, 0.1) is 6.61 Å². The number of para-hydroxylation sites is 1. The molecule has 2 rings (SSSR count). The molecule has 0 bridgehead atoms. The minimum atomic E-state index is 0.683. The van der Waals surface area contributed by atoms with E-state index in [9.17, 15) is 0 Å². The van der Waals surface area contributed by atoms with Crippen molar-refractivity contribution in [2.45, 2.75) is 13.5 Å². The van der Waals surface area contributed by atoms with Crippen molar-refractivity contribution in [1.82, 2.24) is 10.5 Å². The van der Waals surface area contributed by atoms with Gasteiger partial charge in [0.15, 0.2) is 0 Å². The van der Waals surface area contributed by atoms with Crippen molar-refractivity contribution in [3.05, 3.63) is 36.0 Å². The van der Waals surface area contributed by atoms with Crippen LogP contribution in [0.3, 0.4) is 0 Å². The van der Waals surface area contributed by atoms with E-state index in [0.717, 1.165) is 6.54 Å². The van der Waals surface area contributed by atoms with Gasteiger partial charge in [0.1, 0.15) is 0 Å². The minimum absolute atomic E-state index is 0.683. The zero-order valence-corrected chi connectivity index (χ0v) is 8.21. The number of rotatable bonds is 4. The van der Waals surface area contributed by atoms with Gasteiger partial charge in [0.25, 0.3) is 0 Å². The molecule has 0 amide bonds. The first-order chi connectivity index (χ1) is 6.92. The molecule has 1 aromatic carbocycles. The summed E-state index contributed by atoms with van der Waals surface area (Å²) < 4.78 is 0. The summed E-state index contributed by atoms with van der Waals surface area (Å²) in [6.07, 6.45) is 2.01. The highest BCUT2D eigenvalue weighted by Crippen LogP contribution is 2.16. The third-order valence-electron chi connectivity index (χ3n) is 2.18. The monoisotopic (exact) mass is 190 g/mol. The third-order valence-corrected chi connectivity index (χ3v) is 2.18. The van der Waals surface area contributed by atoms with Crippen LogP contribution in [0, 0.1) is 0 Å². The smallest absolute Gasteiger partial charge is 0.0654 e. The molecule has 0 aliphatic heterocycles. The van der Waals surface area contributed by atoms with Gasteiger partial charge in [-0.2, -0.15) is 5.48 Å². The van der Waals surface area contributed by atoms with E-state index in [0.29, 0.717) is 6.61 Å². The summed E-state index contributed by atoms with van der Waals surface area (Å²) in [6.45, 7) is 3.38. The lowest BCUT2D eigenvalue weighted by atomic mass is 10.2. The van der Waals surface area contributed by atoms with E-state index in [1.54, 1.807) is 0 Å². The number of nitrogens with one attached hydrogen (secondary N) is 2. The van der Waals surface area contributed by atoms with Crippen molar-refractivity contribution in [2.75, 3.05) is 6.61 Å². The van der Waals surface area contributed by atoms with Gasteiger partial charge in [-0.3, -0.25) is 0 Å². The van der Waals surface area contributed by atoms with Crippen LogP contribution < -0.4 is 5.48 Å². The Labute approximate surface area is 83.0 Å². The van der Waals surface area contributed by atoms with Crippen LogP contribution in [0.1, 0.15) is 12.5 Å². The Bertz CT molecular complexity index is 408. The van der Waals surface area contributed by atoms with Crippen LogP contribution in [0.4, 0.5) is 0 Å². The Morgan fingerprint density at radius 2 is 2.21 bits per heavy atom. The van der Waals surface area contributed by atoms with Gasteiger partial charge in [-0.15, -0.1) is 0 Å². The highest BCUT2D eigenvalue weighted by molar-refractivity contribution is 5.82. The molecule has 0 aliphatic rings. The van der Waals surface area contributed by atoms with Crippen LogP contribution >= 0.6 is 0 Å². The first kappa shape index (κ1) is 9.24. The van der Waals surface area contributed by atoms with Crippen LogP contribution in [0.25, 0.3) is 10.9 Å². The van der Waals surface area contributed by atoms with Crippen LogP contribution in [-0.2, 0) is 11.4 Å². The van der Waals surface area contributed by atoms with Crippen molar-refractivity contribution < 1.29 is 4.84 Å². The first-order valence-electron chi connectivity index (χ1n) is 4.81. The van der Waals surface area contributed by atoms with E-state index in [-0.39, 0.29) is 0 Å². The molecule has 1 aromatic heterocycles. The molecular formula is C11H14N2O. The third kappa shape index (κ3) is 1.78. The number of aromatic amines is 1. The predicted octanol–water partition coefficient (Wildman–Crippen LogP) is 2.21. The summed E-state index contributed by atoms with van der Waals surface area (Å²) in [4.78, 5) is 8.31. The van der Waals surface area contributed by atoms with E-state index in [4.69, 9.17) is 4.84 Å². The lowest BCUT2D eigenvalue weighted by Crippen LogP contribution is -2.13. The fourth-order valence-electron chi connectivity index (χ4n) is 1.51. The highest BCUT2D eigenvalue weighted by Gasteiger charge is 2.01. The van der Waals surface area contributed by atoms with Gasteiger partial charge in [-0.25, -0.2) is 0 Å². The largest absolute Gasteiger partial charge is 0.361 e. The Balaban J connectivity index is 2.17. The van der Waals surface area contributed by atoms with Gasteiger partial charge in [-0.05, 0) is 18.6 Å². The number of H-pyrrole nitrogens is 1. The Kier molecular flexibility index (Phi) is 2.81. The van der Waals surface area contributed by atoms with Gasteiger partial charge in [-0.1, -0.05) is 18.2 Å². The molecule has 3 heteroatoms. The number of fused-ring (bicyclic) bond motifs is 1. The summed E-state index contributed by atoms with van der Waals surface area (Å²) in [5.41, 5.74) is 5.31. The van der Waals surface area contributed by atoms with Gasteiger partial charge >= 0.3 is 0 Å². The lowest BCUT2D eigenvalue weighted by Gasteiger charge is -2.01. The average molecular weight is 190 g/mol. The van der Waals surface area contributed by atoms with Crippen LogP contribution in [0.5, 0.6) is 0 Å². The fourth-order valence-corrected chi connectivity index (χ4v) is 1.51. The van der Waals surface area contributed by atoms with Crippen molar-refractivity contribution in [3.8, 4) is 0 Å². The Hall–Kier alpha value is -1.32. The summed E-state index contributed by atoms with van der Waals surface area (Å²) in [5, 5.41) is 1.25. The summed E-state index contributed by atoms with van der Waals surface area (Å²) in [6, 6.07) is 8.24. The molecule has 1 heterocycles. The number of aromatic nitrogens is 1. The molecule has 14 heavy (non-hydrogen) atoms. The second kappa shape index (κ2) is 4.26. The maximum absolute atomic E-state index is 5.09. The molecule has 0 aliphatic carbocycles. The maximum Gasteiger partial charge on any atom is 0.0654 e. The summed E-state index contributed by atoms with van der Waals surface area (Å²) >= 11 is 0. The van der Waals surface area contributed by atoms with Crippen LogP contribution in [-0.4, -0.2) is 11.6 Å². The van der Waals surface area contributed by atoms with E-state index in [1.807, 2.05) is 25.3 Å². The van der Waals surface area contributed by atoms with Crippen molar-refractivity contribution >= 4 is 10.9 Å². The predicted molar refractivity (Wildman–Crippen MR) is 56.8 cm³/mol. The molecule has 0 fully saturated rings. The second-order valence-electron chi connectivity index (χ2n) is 3.11. The molecule has 0 spiro atoms. The lowest BCUT2D eigenvalue weighted by molar-refractivity contribution is 0.0466. The van der Waals surface area contributed by atoms with Gasteiger partial charge in [0, 0.05) is 23.6 Å². The molecule has 0 atom stereocenters. The van der Waals surface area contributed by atoms with E-state index >= 15 is 0 Å². The second-order valence-corrected chi connectivity index (χ2v) is 3.11. The quantitative estimate of drug-likeness (QED) is 0.573. The Morgan fingerprint density at radius 1 is 1.36 bits per heavy atom. The molecule has 3 nitrogen and oxygen atoms in total. The number of hydrogen-bond donors (Lipinski definition) is 2. The highest BCUT2D eigenvalue weighted by atomic mass is 16.6. The molecular weight excluding hydrogens is 176 g/mol. The molecule has 2 N–H and O–H groups in total. The summed E-state index contributed by atoms with van der Waals surface area (Å²) in [5.74, 6) is 0. The average Bonchev–Trinajstić information content (AvgIpc) is 2.63. The van der Waals surface area contributed by atoms with Crippen molar-refractivity contribution in [1.29, 1.82) is 0 Å². The fraction of sp³-hybridized carbons (Fsp3) is 0.273. The number of hydroxylamine groups is 1. The standard InChI is InChI=1S/C11H14N2O/c1-2-14-13-8-9-7-12-11-6-4-3-5-10(9)11/h3-7,12-13H,2,8H2,1H3. The summed E-state index contributed by atoms with van der Waals surface area (Å²) in [7, 11) is 0. The van der Waals surface area contributed by atoms with Gasteiger partial charge in [0.2, 0.25) is 0 Å². The van der Waals surface area contributed by atoms with Gasteiger partial charge < -0.3 is 9.82 Å². The molecule has 0 saturated carbocycles. The van der Waals surface area contributed by atoms with E-state index in [2.05, 4.69) is 22.6 Å². The first-order valence-corrected chi connectivity index (χ1v) is 4.81. The number of benzene rings is 1. The van der Waals surface area contributed by atoms with Crippen LogP contribution in [0.2, 0.25) is 0 Å². The van der Waals surface area contributed by atoms with Crippen LogP contribution in [0.15, 0.2) is 30.5 Å². The SMILES string of the molecule is CCONCc1c[nH]c2ccccc12. The maximum atomic E-state index is 5.09. The zero-order chi connectivity index (χ0) is 9.80. The van der Waals surface area contributed by atoms with E-state index in [1.165, 1.54) is 16.5 Å². The molecule has 2 aromatic rings. The molecule has 0 unspecified atom stereocenters. The zero-order valence-electron chi connectivity index (χ0n) is 8.21. The molecule has 0 radical (unpaired) electrons. The van der Waals surface area contributed by atoms with Crippen molar-refractivity contribution in [2.24, 2.45) is 0 Å². The molecule has 0 saturated heterocycles. The van der Waals surface area contributed by atoms with E-state index < -0.39 is 0 Å². The minimum Gasteiger partial charge on any atom is -0.361 e. The topological polar surface area (TPSA) is 37.0 Å². The van der Waals surface area contributed by atoms with Crippen molar-refractivity contribution in [3.63, 3.8) is 0 Å². The normalized spacial score (nSPS) is 10.9.